The summed E-state index contributed by atoms with van der Waals surface area (Å²) in [5.74, 6) is 0.229. The van der Waals surface area contributed by atoms with Gasteiger partial charge in [-0.3, -0.25) is 0 Å². The first-order chi connectivity index (χ1) is 17.9. The highest BCUT2D eigenvalue weighted by molar-refractivity contribution is 7.91. The van der Waals surface area contributed by atoms with Crippen molar-refractivity contribution in [2.45, 2.75) is 37.1 Å². The molecule has 1 N–H and O–H groups in total. The third kappa shape index (κ3) is 5.54. The highest BCUT2D eigenvalue weighted by atomic mass is 32.2. The van der Waals surface area contributed by atoms with Gasteiger partial charge in [0.1, 0.15) is 17.0 Å². The molecule has 0 bridgehead atoms. The van der Waals surface area contributed by atoms with Crippen LogP contribution in [0, 0.1) is 6.92 Å². The SMILES string of the molecule is CCOC(=O)c1sc(S(=O)(=O)NC2CCCN(c3ncnc4cc(N5CCOCC5)ccc34)C2)nc1C. The van der Waals surface area contributed by atoms with E-state index in [1.165, 1.54) is 0 Å². The molecule has 2 fully saturated rings. The summed E-state index contributed by atoms with van der Waals surface area (Å²) in [5.41, 5.74) is 2.30. The van der Waals surface area contributed by atoms with Gasteiger partial charge in [-0.2, -0.15) is 0 Å². The summed E-state index contributed by atoms with van der Waals surface area (Å²) in [6.45, 7) is 7.85. The zero-order chi connectivity index (χ0) is 26.0. The molecule has 1 aromatic carbocycles. The second-order valence-corrected chi connectivity index (χ2v) is 11.9. The fourth-order valence-electron chi connectivity index (χ4n) is 4.71. The Morgan fingerprint density at radius 1 is 1.22 bits per heavy atom. The number of hydrogen-bond donors (Lipinski definition) is 1. The number of thiazole rings is 1. The molecule has 2 saturated heterocycles. The molecule has 0 aliphatic carbocycles. The van der Waals surface area contributed by atoms with Crippen LogP contribution in [-0.2, 0) is 19.5 Å². The normalized spacial score (nSPS) is 18.8. The monoisotopic (exact) mass is 546 g/mol. The first kappa shape index (κ1) is 25.8. The molecule has 2 aliphatic heterocycles. The topological polar surface area (TPSA) is 127 Å². The largest absolute Gasteiger partial charge is 0.462 e. The van der Waals surface area contributed by atoms with Crippen LogP contribution in [0.3, 0.4) is 0 Å². The number of rotatable bonds is 7. The Balaban J connectivity index is 1.33. The molecular weight excluding hydrogens is 516 g/mol. The summed E-state index contributed by atoms with van der Waals surface area (Å²) >= 11 is 0.833. The Morgan fingerprint density at radius 3 is 2.81 bits per heavy atom. The third-order valence-corrected chi connectivity index (χ3v) is 9.52. The van der Waals surface area contributed by atoms with E-state index in [1.54, 1.807) is 20.2 Å². The number of nitrogens with one attached hydrogen (secondary N) is 1. The summed E-state index contributed by atoms with van der Waals surface area (Å²) in [6.07, 6.45) is 3.05. The quantitative estimate of drug-likeness (QED) is 0.441. The van der Waals surface area contributed by atoms with Crippen molar-refractivity contribution >= 4 is 49.7 Å². The van der Waals surface area contributed by atoms with Gasteiger partial charge in [-0.05, 0) is 44.9 Å². The van der Waals surface area contributed by atoms with Crippen molar-refractivity contribution in [3.05, 3.63) is 35.1 Å². The Bertz CT molecular complexity index is 1390. The van der Waals surface area contributed by atoms with Gasteiger partial charge in [0.25, 0.3) is 10.0 Å². The minimum absolute atomic E-state index is 0.131. The van der Waals surface area contributed by atoms with E-state index >= 15 is 0 Å². The number of morpholine rings is 1. The first-order valence-corrected chi connectivity index (χ1v) is 14.6. The number of sulfonamides is 1. The molecular formula is C24H30N6O5S2. The summed E-state index contributed by atoms with van der Waals surface area (Å²) in [5, 5.41) is 0.928. The van der Waals surface area contributed by atoms with E-state index in [1.807, 2.05) is 6.07 Å². The molecule has 198 valence electrons. The van der Waals surface area contributed by atoms with Crippen LogP contribution in [0.15, 0.2) is 28.9 Å². The number of carbonyl (C=O) groups excluding carboxylic acids is 1. The Labute approximate surface area is 219 Å². The van der Waals surface area contributed by atoms with Crippen molar-refractivity contribution in [2.24, 2.45) is 0 Å². The number of aromatic nitrogens is 3. The van der Waals surface area contributed by atoms with Crippen LogP contribution in [0.1, 0.15) is 35.1 Å². The van der Waals surface area contributed by atoms with Gasteiger partial charge in [0.15, 0.2) is 0 Å². The third-order valence-electron chi connectivity index (χ3n) is 6.49. The van der Waals surface area contributed by atoms with Crippen LogP contribution in [0.5, 0.6) is 0 Å². The summed E-state index contributed by atoms with van der Waals surface area (Å²) in [6, 6.07) is 5.86. The zero-order valence-electron chi connectivity index (χ0n) is 20.8. The lowest BCUT2D eigenvalue weighted by Gasteiger charge is -2.34. The molecule has 37 heavy (non-hydrogen) atoms. The molecule has 4 heterocycles. The molecule has 0 saturated carbocycles. The van der Waals surface area contributed by atoms with Gasteiger partial charge in [-0.1, -0.05) is 11.3 Å². The molecule has 1 atom stereocenters. The van der Waals surface area contributed by atoms with E-state index < -0.39 is 16.0 Å². The van der Waals surface area contributed by atoms with Gasteiger partial charge in [-0.25, -0.2) is 32.9 Å². The van der Waals surface area contributed by atoms with Crippen molar-refractivity contribution in [3.63, 3.8) is 0 Å². The number of piperidine rings is 1. The highest BCUT2D eigenvalue weighted by Gasteiger charge is 2.30. The number of carbonyl (C=O) groups is 1. The van der Waals surface area contributed by atoms with E-state index in [9.17, 15) is 13.2 Å². The second-order valence-electron chi connectivity index (χ2n) is 9.02. The van der Waals surface area contributed by atoms with Gasteiger partial charge in [0.2, 0.25) is 4.34 Å². The van der Waals surface area contributed by atoms with Gasteiger partial charge in [0.05, 0.1) is 31.0 Å². The fourth-order valence-corrected chi connectivity index (χ4v) is 7.22. The average molecular weight is 547 g/mol. The van der Waals surface area contributed by atoms with Crippen molar-refractivity contribution in [1.29, 1.82) is 0 Å². The second kappa shape index (κ2) is 10.9. The highest BCUT2D eigenvalue weighted by Crippen LogP contribution is 2.30. The summed E-state index contributed by atoms with van der Waals surface area (Å²) in [7, 11) is -3.90. The van der Waals surface area contributed by atoms with Crippen molar-refractivity contribution in [3.8, 4) is 0 Å². The standard InChI is InChI=1S/C24H30N6O5S2/c1-3-35-23(31)21-16(2)27-24(36-21)37(32,33)28-17-5-4-8-30(14-17)22-19-7-6-18(13-20(19)25-15-26-22)29-9-11-34-12-10-29/h6-7,13,15,17,28H,3-5,8-12,14H2,1-2H3. The fraction of sp³-hybridized carbons (Fsp3) is 0.500. The zero-order valence-corrected chi connectivity index (χ0v) is 22.5. The number of hydrogen-bond acceptors (Lipinski definition) is 11. The number of anilines is 2. The molecule has 0 spiro atoms. The lowest BCUT2D eigenvalue weighted by molar-refractivity contribution is 0.0531. The number of benzene rings is 1. The molecule has 13 heteroatoms. The van der Waals surface area contributed by atoms with Crippen LogP contribution >= 0.6 is 11.3 Å². The van der Waals surface area contributed by atoms with Crippen molar-refractivity contribution < 1.29 is 22.7 Å². The molecule has 2 aromatic heterocycles. The molecule has 0 amide bonds. The Morgan fingerprint density at radius 2 is 2.03 bits per heavy atom. The molecule has 1 unspecified atom stereocenters. The van der Waals surface area contributed by atoms with Crippen LogP contribution < -0.4 is 14.5 Å². The van der Waals surface area contributed by atoms with Crippen LogP contribution in [-0.4, -0.2) is 81.4 Å². The minimum atomic E-state index is -3.90. The van der Waals surface area contributed by atoms with E-state index in [0.29, 0.717) is 31.9 Å². The predicted molar refractivity (Wildman–Crippen MR) is 141 cm³/mol. The number of esters is 1. The minimum Gasteiger partial charge on any atom is -0.462 e. The summed E-state index contributed by atoms with van der Waals surface area (Å²) < 4.78 is 39.4. The molecule has 11 nitrogen and oxygen atoms in total. The Kier molecular flexibility index (Phi) is 7.56. The van der Waals surface area contributed by atoms with Crippen LogP contribution in [0.25, 0.3) is 10.9 Å². The number of nitrogens with zero attached hydrogens (tertiary/aromatic N) is 5. The van der Waals surface area contributed by atoms with Crippen molar-refractivity contribution in [1.82, 2.24) is 19.7 Å². The number of aryl methyl sites for hydroxylation is 1. The predicted octanol–water partition coefficient (Wildman–Crippen LogP) is 2.36. The van der Waals surface area contributed by atoms with Crippen LogP contribution in [0.4, 0.5) is 11.5 Å². The maximum atomic E-state index is 13.1. The van der Waals surface area contributed by atoms with E-state index in [2.05, 4.69) is 41.6 Å². The van der Waals surface area contributed by atoms with E-state index in [4.69, 9.17) is 9.47 Å². The molecule has 3 aromatic rings. The van der Waals surface area contributed by atoms with Crippen molar-refractivity contribution in [2.75, 3.05) is 55.8 Å². The number of fused-ring (bicyclic) bond motifs is 1. The molecule has 5 rings (SSSR count). The maximum Gasteiger partial charge on any atom is 0.350 e. The van der Waals surface area contributed by atoms with Gasteiger partial charge < -0.3 is 19.3 Å². The average Bonchev–Trinajstić information content (AvgIpc) is 3.31. The number of ether oxygens (including phenoxy) is 2. The Hall–Kier alpha value is -2.87. The molecule has 0 radical (unpaired) electrons. The van der Waals surface area contributed by atoms with E-state index in [0.717, 1.165) is 59.8 Å². The lowest BCUT2D eigenvalue weighted by atomic mass is 10.1. The van der Waals surface area contributed by atoms with E-state index in [-0.39, 0.29) is 21.9 Å². The smallest absolute Gasteiger partial charge is 0.350 e. The summed E-state index contributed by atoms with van der Waals surface area (Å²) in [4.78, 5) is 29.9. The van der Waals surface area contributed by atoms with Crippen LogP contribution in [0.2, 0.25) is 0 Å². The molecule has 2 aliphatic rings. The van der Waals surface area contributed by atoms with Gasteiger partial charge in [0, 0.05) is 43.3 Å². The maximum absolute atomic E-state index is 13.1. The van der Waals surface area contributed by atoms with Gasteiger partial charge >= 0.3 is 5.97 Å². The van der Waals surface area contributed by atoms with Gasteiger partial charge in [-0.15, -0.1) is 0 Å². The lowest BCUT2D eigenvalue weighted by Crippen LogP contribution is -2.48. The first-order valence-electron chi connectivity index (χ1n) is 12.3.